The number of benzene rings is 2. The summed E-state index contributed by atoms with van der Waals surface area (Å²) in [6.45, 7) is 0. The molecule has 0 fully saturated rings. The van der Waals surface area contributed by atoms with Crippen molar-refractivity contribution in [3.8, 4) is 6.07 Å². The summed E-state index contributed by atoms with van der Waals surface area (Å²) in [6, 6.07) is 12.6. The summed E-state index contributed by atoms with van der Waals surface area (Å²) < 4.78 is 38.2. The van der Waals surface area contributed by atoms with Crippen LogP contribution in [0, 0.1) is 17.1 Å². The molecule has 0 aliphatic rings. The number of hydrogen-bond acceptors (Lipinski definition) is 3. The molecule has 0 atom stereocenters. The number of rotatable bonds is 3. The van der Waals surface area contributed by atoms with Crippen molar-refractivity contribution in [1.82, 2.24) is 0 Å². The normalized spacial score (nSPS) is 12.0. The van der Waals surface area contributed by atoms with Gasteiger partial charge in [0.25, 0.3) is 0 Å². The Kier molecular flexibility index (Phi) is 4.41. The zero-order chi connectivity index (χ0) is 15.5. The van der Waals surface area contributed by atoms with Crippen LogP contribution in [0.3, 0.4) is 0 Å². The van der Waals surface area contributed by atoms with Crippen molar-refractivity contribution in [2.45, 2.75) is 4.90 Å². The summed E-state index contributed by atoms with van der Waals surface area (Å²) in [4.78, 5) is -0.606. The van der Waals surface area contributed by atoms with Crippen molar-refractivity contribution in [2.24, 2.45) is 0 Å². The molecular formula is C15H9ClFNO2S. The van der Waals surface area contributed by atoms with Crippen LogP contribution in [0.5, 0.6) is 0 Å². The molecule has 0 aromatic heterocycles. The highest BCUT2D eigenvalue weighted by Crippen LogP contribution is 2.23. The van der Waals surface area contributed by atoms with E-state index in [1.165, 1.54) is 42.5 Å². The van der Waals surface area contributed by atoms with Crippen LogP contribution in [-0.2, 0) is 9.84 Å². The first-order valence-electron chi connectivity index (χ1n) is 5.82. The summed E-state index contributed by atoms with van der Waals surface area (Å²) >= 11 is 5.70. The first kappa shape index (κ1) is 15.2. The zero-order valence-corrected chi connectivity index (χ0v) is 12.2. The molecule has 0 aliphatic heterocycles. The second kappa shape index (κ2) is 6.08. The largest absolute Gasteiger partial charge is 0.218 e. The summed E-state index contributed by atoms with van der Waals surface area (Å²) in [7, 11) is -4.01. The Morgan fingerprint density at radius 3 is 2.33 bits per heavy atom. The van der Waals surface area contributed by atoms with Gasteiger partial charge in [-0.2, -0.15) is 5.26 Å². The van der Waals surface area contributed by atoms with Gasteiger partial charge in [0.2, 0.25) is 9.84 Å². The Morgan fingerprint density at radius 2 is 1.76 bits per heavy atom. The molecule has 21 heavy (non-hydrogen) atoms. The first-order chi connectivity index (χ1) is 9.95. The van der Waals surface area contributed by atoms with Crippen LogP contribution >= 0.6 is 11.6 Å². The van der Waals surface area contributed by atoms with E-state index in [0.29, 0.717) is 5.02 Å². The van der Waals surface area contributed by atoms with Crippen molar-refractivity contribution in [3.05, 3.63) is 69.8 Å². The van der Waals surface area contributed by atoms with E-state index in [1.807, 2.05) is 0 Å². The van der Waals surface area contributed by atoms with Gasteiger partial charge in [-0.1, -0.05) is 29.8 Å². The molecule has 3 nitrogen and oxygen atoms in total. The number of allylic oxidation sites excluding steroid dienone is 1. The van der Waals surface area contributed by atoms with Crippen LogP contribution in [-0.4, -0.2) is 8.42 Å². The van der Waals surface area contributed by atoms with Crippen molar-refractivity contribution in [2.75, 3.05) is 0 Å². The van der Waals surface area contributed by atoms with E-state index in [0.717, 1.165) is 6.08 Å². The number of sulfone groups is 1. The Labute approximate surface area is 126 Å². The van der Waals surface area contributed by atoms with Crippen molar-refractivity contribution in [1.29, 1.82) is 5.26 Å². The van der Waals surface area contributed by atoms with Crippen molar-refractivity contribution < 1.29 is 12.8 Å². The van der Waals surface area contributed by atoms with Crippen LogP contribution in [0.25, 0.3) is 6.08 Å². The lowest BCUT2D eigenvalue weighted by molar-refractivity contribution is 0.603. The molecule has 106 valence electrons. The maximum Gasteiger partial charge on any atom is 0.216 e. The van der Waals surface area contributed by atoms with Crippen LogP contribution in [0.1, 0.15) is 5.56 Å². The molecule has 0 radical (unpaired) electrons. The molecule has 6 heteroatoms. The van der Waals surface area contributed by atoms with Crippen molar-refractivity contribution in [3.63, 3.8) is 0 Å². The van der Waals surface area contributed by atoms with Crippen LogP contribution < -0.4 is 0 Å². The molecule has 0 heterocycles. The Morgan fingerprint density at radius 1 is 1.14 bits per heavy atom. The predicted octanol–water partition coefficient (Wildman–Crippen LogP) is 3.82. The van der Waals surface area contributed by atoms with E-state index in [1.54, 1.807) is 12.1 Å². The lowest BCUT2D eigenvalue weighted by atomic mass is 10.2. The van der Waals surface area contributed by atoms with Crippen molar-refractivity contribution >= 4 is 27.5 Å². The monoisotopic (exact) mass is 321 g/mol. The van der Waals surface area contributed by atoms with Gasteiger partial charge in [-0.15, -0.1) is 0 Å². The highest BCUT2D eigenvalue weighted by atomic mass is 35.5. The fourth-order valence-electron chi connectivity index (χ4n) is 1.64. The fourth-order valence-corrected chi connectivity index (χ4v) is 2.92. The summed E-state index contributed by atoms with van der Waals surface area (Å²) in [6.07, 6.45) is 1.01. The quantitative estimate of drug-likeness (QED) is 0.807. The van der Waals surface area contributed by atoms with Gasteiger partial charge in [-0.05, 0) is 36.4 Å². The van der Waals surface area contributed by atoms with E-state index >= 15 is 0 Å². The Balaban J connectivity index is 2.53. The second-order valence-corrected chi connectivity index (χ2v) is 6.45. The SMILES string of the molecule is N#CC(=Cc1ccccc1F)S(=O)(=O)c1ccc(Cl)cc1. The zero-order valence-electron chi connectivity index (χ0n) is 10.6. The van der Waals surface area contributed by atoms with Gasteiger partial charge >= 0.3 is 0 Å². The number of nitriles is 1. The van der Waals surface area contributed by atoms with Crippen LogP contribution in [0.15, 0.2) is 58.3 Å². The average Bonchev–Trinajstić information content (AvgIpc) is 2.46. The molecule has 0 bridgehead atoms. The molecule has 0 N–H and O–H groups in total. The summed E-state index contributed by atoms with van der Waals surface area (Å²) in [5.74, 6) is -0.600. The molecule has 2 aromatic carbocycles. The maximum absolute atomic E-state index is 13.6. The Bertz CT molecular complexity index is 837. The Hall–Kier alpha value is -2.16. The first-order valence-corrected chi connectivity index (χ1v) is 7.68. The standard InChI is InChI=1S/C15H9ClFNO2S/c16-12-5-7-13(8-6-12)21(19,20)14(10-18)9-11-3-1-2-4-15(11)17/h1-9H. The average molecular weight is 322 g/mol. The van der Waals surface area contributed by atoms with Gasteiger partial charge in [0.1, 0.15) is 16.8 Å². The van der Waals surface area contributed by atoms with Crippen LogP contribution in [0.2, 0.25) is 5.02 Å². The van der Waals surface area contributed by atoms with Crippen LogP contribution in [0.4, 0.5) is 4.39 Å². The fraction of sp³-hybridized carbons (Fsp3) is 0. The number of halogens is 2. The van der Waals surface area contributed by atoms with Gasteiger partial charge < -0.3 is 0 Å². The third-order valence-corrected chi connectivity index (χ3v) is 4.65. The molecule has 2 rings (SSSR count). The maximum atomic E-state index is 13.6. The minimum atomic E-state index is -4.01. The minimum absolute atomic E-state index is 0.0339. The summed E-state index contributed by atoms with van der Waals surface area (Å²) in [5, 5.41) is 9.46. The predicted molar refractivity (Wildman–Crippen MR) is 78.6 cm³/mol. The van der Waals surface area contributed by atoms with E-state index in [9.17, 15) is 12.8 Å². The minimum Gasteiger partial charge on any atom is -0.218 e. The van der Waals surface area contributed by atoms with E-state index < -0.39 is 20.6 Å². The molecular weight excluding hydrogens is 313 g/mol. The topological polar surface area (TPSA) is 57.9 Å². The molecule has 0 spiro atoms. The highest BCUT2D eigenvalue weighted by molar-refractivity contribution is 7.95. The highest BCUT2D eigenvalue weighted by Gasteiger charge is 2.21. The van der Waals surface area contributed by atoms with E-state index in [4.69, 9.17) is 16.9 Å². The van der Waals surface area contributed by atoms with Gasteiger partial charge in [0.05, 0.1) is 4.90 Å². The smallest absolute Gasteiger partial charge is 0.216 e. The van der Waals surface area contributed by atoms with Gasteiger partial charge in [0, 0.05) is 10.6 Å². The second-order valence-electron chi connectivity index (χ2n) is 4.10. The molecule has 0 saturated carbocycles. The van der Waals surface area contributed by atoms with E-state index in [-0.39, 0.29) is 10.5 Å². The number of hydrogen-bond donors (Lipinski definition) is 0. The number of nitrogens with zero attached hydrogens (tertiary/aromatic N) is 1. The van der Waals surface area contributed by atoms with E-state index in [2.05, 4.69) is 0 Å². The van der Waals surface area contributed by atoms with Gasteiger partial charge in [0.15, 0.2) is 0 Å². The third-order valence-electron chi connectivity index (χ3n) is 2.72. The van der Waals surface area contributed by atoms with Gasteiger partial charge in [-0.3, -0.25) is 0 Å². The molecule has 0 amide bonds. The molecule has 0 unspecified atom stereocenters. The molecule has 0 aliphatic carbocycles. The van der Waals surface area contributed by atoms with Gasteiger partial charge in [-0.25, -0.2) is 12.8 Å². The lowest BCUT2D eigenvalue weighted by Crippen LogP contribution is -2.03. The lowest BCUT2D eigenvalue weighted by Gasteiger charge is -2.03. The summed E-state index contributed by atoms with van der Waals surface area (Å²) in [5.41, 5.74) is 0.0339. The molecule has 2 aromatic rings. The third kappa shape index (κ3) is 3.30. The molecule has 0 saturated heterocycles.